The van der Waals surface area contributed by atoms with Crippen molar-refractivity contribution in [2.75, 3.05) is 48.3 Å². The molecule has 23 heteroatoms. The van der Waals surface area contributed by atoms with Gasteiger partial charge in [0.05, 0.1) is 46.5 Å². The van der Waals surface area contributed by atoms with Gasteiger partial charge in [-0.05, 0) is 54.8 Å². The Bertz CT molecular complexity index is 2920. The van der Waals surface area contributed by atoms with Crippen LogP contribution in [0.15, 0.2) is 110 Å². The molecule has 0 radical (unpaired) electrons. The number of nitrogens with one attached hydrogen (secondary N) is 2. The third-order valence-corrected chi connectivity index (χ3v) is 13.5. The van der Waals surface area contributed by atoms with E-state index in [1.165, 1.54) is 40.5 Å². The number of nitrogens with zero attached hydrogens (tertiary/aromatic N) is 3. The molecule has 0 bridgehead atoms. The fourth-order valence-corrected chi connectivity index (χ4v) is 9.94. The zero-order valence-electron chi connectivity index (χ0n) is 39.8. The lowest BCUT2D eigenvalue weighted by atomic mass is 9.80. The molecule has 71 heavy (non-hydrogen) atoms. The maximum atomic E-state index is 15.2. The van der Waals surface area contributed by atoms with E-state index in [0.29, 0.717) is 28.2 Å². The lowest BCUT2D eigenvalue weighted by Gasteiger charge is -2.37. The van der Waals surface area contributed by atoms with Crippen LogP contribution in [0.4, 0.5) is 0 Å². The Morgan fingerprint density at radius 3 is 1.63 bits per heavy atom. The van der Waals surface area contributed by atoms with Crippen molar-refractivity contribution in [3.8, 4) is 17.6 Å². The molecular formula is C48H54N5O17P. The lowest BCUT2D eigenvalue weighted by Crippen LogP contribution is -2.42. The summed E-state index contributed by atoms with van der Waals surface area (Å²) >= 11 is 0. The number of esters is 1. The van der Waals surface area contributed by atoms with E-state index >= 15 is 4.57 Å². The van der Waals surface area contributed by atoms with Gasteiger partial charge in [-0.3, -0.25) is 47.1 Å². The Balaban J connectivity index is 1.30. The number of H-pyrrole nitrogens is 2. The maximum absolute atomic E-state index is 15.2. The predicted molar refractivity (Wildman–Crippen MR) is 250 cm³/mol. The topological polar surface area (TPSA) is 269 Å². The summed E-state index contributed by atoms with van der Waals surface area (Å²) in [6.07, 6.45) is -8.29. The van der Waals surface area contributed by atoms with Gasteiger partial charge in [0.15, 0.2) is 18.6 Å². The van der Waals surface area contributed by atoms with E-state index in [0.717, 1.165) is 16.1 Å². The van der Waals surface area contributed by atoms with Crippen LogP contribution in [-0.2, 0) is 57.0 Å². The average molecular weight is 1000 g/mol. The van der Waals surface area contributed by atoms with Crippen LogP contribution >= 0.6 is 7.82 Å². The van der Waals surface area contributed by atoms with Crippen LogP contribution in [0, 0.1) is 25.2 Å². The summed E-state index contributed by atoms with van der Waals surface area (Å²) in [6, 6.07) is 25.7. The minimum Gasteiger partial charge on any atom is -0.497 e. The molecule has 378 valence electrons. The van der Waals surface area contributed by atoms with Gasteiger partial charge >= 0.3 is 25.2 Å². The maximum Gasteiger partial charge on any atom is 0.475 e. The third kappa shape index (κ3) is 11.2. The molecule has 0 aliphatic carbocycles. The molecule has 5 aromatic rings. The molecule has 2 N–H and O–H groups in total. The molecule has 1 unspecified atom stereocenters. The highest BCUT2D eigenvalue weighted by molar-refractivity contribution is 7.48. The second-order valence-corrected chi connectivity index (χ2v) is 18.1. The van der Waals surface area contributed by atoms with Crippen LogP contribution in [0.3, 0.4) is 0 Å². The number of hydrogen-bond donors (Lipinski definition) is 2. The van der Waals surface area contributed by atoms with Crippen LogP contribution < -0.4 is 32.0 Å². The summed E-state index contributed by atoms with van der Waals surface area (Å²) in [5.74, 6) is 0.395. The van der Waals surface area contributed by atoms with Gasteiger partial charge in [0.1, 0.15) is 47.6 Å². The molecule has 2 aliphatic rings. The molecule has 0 saturated carbocycles. The number of aromatic nitrogens is 4. The highest BCUT2D eigenvalue weighted by Gasteiger charge is 2.54. The van der Waals surface area contributed by atoms with Gasteiger partial charge in [-0.15, -0.1) is 0 Å². The number of phosphoric ester groups is 1. The highest BCUT2D eigenvalue weighted by Crippen LogP contribution is 2.55. The SMILES string of the molecule is COc1ccc(C(OC[C@H]2O[C@@H](n3cc(C)c(=O)[nH]c3=O)[C@H](OC)[C@@H]2OP(=O)(OCCC#N)OC[C@H]2O[C@@H](n3cc(C)c(=O)[nH]c3=O)[C@H](OC)[C@@H]2OC(C)=O)(c2ccccc2)c2ccc(OC)cc2)cc1. The first-order valence-electron chi connectivity index (χ1n) is 22.2. The van der Waals surface area contributed by atoms with Crippen molar-refractivity contribution >= 4 is 13.8 Å². The third-order valence-electron chi connectivity index (χ3n) is 12.0. The Labute approximate surface area is 406 Å². The molecule has 2 fully saturated rings. The largest absolute Gasteiger partial charge is 0.497 e. The van der Waals surface area contributed by atoms with Crippen molar-refractivity contribution in [3.05, 3.63) is 161 Å². The number of phosphoric acid groups is 1. The molecule has 0 amide bonds. The van der Waals surface area contributed by atoms with E-state index in [9.17, 15) is 29.2 Å². The normalized spacial score (nSPS) is 22.9. The summed E-state index contributed by atoms with van der Waals surface area (Å²) < 4.78 is 83.8. The fourth-order valence-electron chi connectivity index (χ4n) is 8.54. The predicted octanol–water partition coefficient (Wildman–Crippen LogP) is 3.93. The Morgan fingerprint density at radius 1 is 0.690 bits per heavy atom. The molecule has 2 aliphatic heterocycles. The van der Waals surface area contributed by atoms with Gasteiger partial charge in [0.2, 0.25) is 0 Å². The van der Waals surface area contributed by atoms with Crippen molar-refractivity contribution in [3.63, 3.8) is 0 Å². The minimum absolute atomic E-state index is 0.155. The number of ether oxygens (including phenoxy) is 8. The molecule has 22 nitrogen and oxygen atoms in total. The van der Waals surface area contributed by atoms with Crippen LogP contribution in [0.25, 0.3) is 0 Å². The van der Waals surface area contributed by atoms with Gasteiger partial charge in [-0.25, -0.2) is 14.2 Å². The summed E-state index contributed by atoms with van der Waals surface area (Å²) in [4.78, 5) is 68.4. The second kappa shape index (κ2) is 22.7. The van der Waals surface area contributed by atoms with Gasteiger partial charge in [-0.1, -0.05) is 54.6 Å². The van der Waals surface area contributed by atoms with Crippen molar-refractivity contribution in [2.45, 2.75) is 81.9 Å². The zero-order chi connectivity index (χ0) is 51.0. The van der Waals surface area contributed by atoms with Crippen molar-refractivity contribution < 1.29 is 60.8 Å². The molecule has 9 atom stereocenters. The number of rotatable bonds is 21. The number of aromatic amines is 2. The highest BCUT2D eigenvalue weighted by atomic mass is 31.2. The van der Waals surface area contributed by atoms with Gasteiger partial charge in [-0.2, -0.15) is 5.26 Å². The summed E-state index contributed by atoms with van der Waals surface area (Å²) in [5, 5.41) is 9.50. The first kappa shape index (κ1) is 52.3. The number of carbonyl (C=O) groups excluding carboxylic acids is 1. The monoisotopic (exact) mass is 1000 g/mol. The number of carbonyl (C=O) groups is 1. The Hall–Kier alpha value is -6.51. The van der Waals surface area contributed by atoms with Gasteiger partial charge < -0.3 is 37.9 Å². The molecule has 3 aromatic carbocycles. The van der Waals surface area contributed by atoms with Gasteiger partial charge in [0, 0.05) is 44.7 Å². The molecule has 4 heterocycles. The second-order valence-electron chi connectivity index (χ2n) is 16.4. The molecule has 2 saturated heterocycles. The molecule has 2 aromatic heterocycles. The summed E-state index contributed by atoms with van der Waals surface area (Å²) in [7, 11) is 0.722. The number of methoxy groups -OCH3 is 4. The van der Waals surface area contributed by atoms with Crippen molar-refractivity contribution in [2.24, 2.45) is 0 Å². The quantitative estimate of drug-likeness (QED) is 0.0456. The standard InChI is InChI=1S/C48H54N5O17P/c1-28-24-52(46(57)50-42(28)55)44-40(62-6)38(67-30(3)54)37(69-44)27-66-71(59,65-23-11-22-49)70-39-36(68-45(41(39)63-7)53-25-29(2)43(56)51-47(53)58)26-64-48(31-12-9-8-10-13-31,32-14-18-34(60-4)19-15-32)33-16-20-35(61-5)21-17-33/h8-10,12-21,24-25,36-41,44-45H,11,23,26-27H2,1-7H3,(H,50,55,57)(H,51,56,58)/t36-,37-,38-,39-,40-,41-,44-,45-,71?/m1/s1. The van der Waals surface area contributed by atoms with Crippen LogP contribution in [-0.4, -0.2) is 110 Å². The first-order valence-corrected chi connectivity index (χ1v) is 23.7. The van der Waals surface area contributed by atoms with Crippen molar-refractivity contribution in [1.29, 1.82) is 5.26 Å². The molecular weight excluding hydrogens is 950 g/mol. The Kier molecular flexibility index (Phi) is 16.7. The fraction of sp³-hybridized carbons (Fsp3) is 0.417. The summed E-state index contributed by atoms with van der Waals surface area (Å²) in [5.41, 5.74) is -2.11. The molecule has 7 rings (SSSR count). The number of aryl methyl sites for hydroxylation is 2. The number of nitriles is 1. The first-order chi connectivity index (χ1) is 34.1. The average Bonchev–Trinajstić information content (AvgIpc) is 3.89. The summed E-state index contributed by atoms with van der Waals surface area (Å²) in [6.45, 7) is 2.55. The smallest absolute Gasteiger partial charge is 0.475 e. The lowest BCUT2D eigenvalue weighted by molar-refractivity contribution is -0.154. The number of hydrogen-bond acceptors (Lipinski definition) is 18. The van der Waals surface area contributed by atoms with E-state index in [4.69, 9.17) is 51.5 Å². The van der Waals surface area contributed by atoms with E-state index in [1.807, 2.05) is 60.7 Å². The van der Waals surface area contributed by atoms with E-state index in [1.54, 1.807) is 38.5 Å². The van der Waals surface area contributed by atoms with Crippen LogP contribution in [0.2, 0.25) is 0 Å². The van der Waals surface area contributed by atoms with E-state index in [-0.39, 0.29) is 24.2 Å². The van der Waals surface area contributed by atoms with E-state index < -0.39 is 104 Å². The zero-order valence-corrected chi connectivity index (χ0v) is 40.7. The number of benzene rings is 3. The van der Waals surface area contributed by atoms with Gasteiger partial charge in [0.25, 0.3) is 11.1 Å². The van der Waals surface area contributed by atoms with Crippen LogP contribution in [0.1, 0.15) is 53.6 Å². The Morgan fingerprint density at radius 2 is 1.17 bits per heavy atom. The van der Waals surface area contributed by atoms with Crippen molar-refractivity contribution in [1.82, 2.24) is 19.1 Å². The molecule has 0 spiro atoms. The van der Waals surface area contributed by atoms with Crippen LogP contribution in [0.5, 0.6) is 11.5 Å². The van der Waals surface area contributed by atoms with E-state index in [2.05, 4.69) is 9.97 Å². The minimum atomic E-state index is -4.96.